The third kappa shape index (κ3) is 5.98. The van der Waals surface area contributed by atoms with Gasteiger partial charge in [-0.1, -0.05) is 32.9 Å². The van der Waals surface area contributed by atoms with E-state index in [-0.39, 0.29) is 23.7 Å². The predicted octanol–water partition coefficient (Wildman–Crippen LogP) is 3.19. The van der Waals surface area contributed by atoms with Gasteiger partial charge in [0.2, 0.25) is 5.91 Å². The Morgan fingerprint density at radius 3 is 2.36 bits per heavy atom. The number of nitrogens with zero attached hydrogens (tertiary/aromatic N) is 1. The number of carbonyl (C=O) groups is 2. The third-order valence-electron chi connectivity index (χ3n) is 3.78. The van der Waals surface area contributed by atoms with Gasteiger partial charge in [0, 0.05) is 23.9 Å². The molecule has 1 aromatic carbocycles. The molecule has 0 unspecified atom stereocenters. The lowest BCUT2D eigenvalue weighted by Gasteiger charge is -2.19. The Morgan fingerprint density at radius 1 is 1.12 bits per heavy atom. The van der Waals surface area contributed by atoms with Crippen molar-refractivity contribution in [3.8, 4) is 0 Å². The van der Waals surface area contributed by atoms with Crippen LogP contribution < -0.4 is 10.6 Å². The van der Waals surface area contributed by atoms with Crippen LogP contribution in [0.3, 0.4) is 0 Å². The zero-order valence-electron chi connectivity index (χ0n) is 15.2. The molecule has 0 saturated carbocycles. The highest BCUT2D eigenvalue weighted by Crippen LogP contribution is 2.22. The zero-order chi connectivity index (χ0) is 18.4. The van der Waals surface area contributed by atoms with Gasteiger partial charge >= 0.3 is 0 Å². The molecule has 1 aromatic heterocycles. The molecule has 2 N–H and O–H groups in total. The Morgan fingerprint density at radius 2 is 1.80 bits per heavy atom. The molecule has 2 aromatic rings. The highest BCUT2D eigenvalue weighted by atomic mass is 32.1. The highest BCUT2D eigenvalue weighted by Gasteiger charge is 2.14. The van der Waals surface area contributed by atoms with E-state index in [1.807, 2.05) is 36.6 Å². The maximum Gasteiger partial charge on any atom is 0.251 e. The lowest BCUT2D eigenvalue weighted by atomic mass is 9.87. The average molecular weight is 359 g/mol. The van der Waals surface area contributed by atoms with E-state index >= 15 is 0 Å². The molecule has 6 heteroatoms. The van der Waals surface area contributed by atoms with Crippen LogP contribution in [0.2, 0.25) is 0 Å². The minimum Gasteiger partial charge on any atom is -0.352 e. The number of rotatable bonds is 6. The lowest BCUT2D eigenvalue weighted by molar-refractivity contribution is -0.121. The first-order valence-corrected chi connectivity index (χ1v) is 9.20. The van der Waals surface area contributed by atoms with Crippen molar-refractivity contribution in [3.05, 3.63) is 51.5 Å². The Kier molecular flexibility index (Phi) is 6.31. The summed E-state index contributed by atoms with van der Waals surface area (Å²) in [5.74, 6) is -0.266. The van der Waals surface area contributed by atoms with Gasteiger partial charge in [0.05, 0.1) is 17.2 Å². The summed E-state index contributed by atoms with van der Waals surface area (Å²) in [6.07, 6.45) is 0.245. The van der Waals surface area contributed by atoms with E-state index in [0.29, 0.717) is 18.7 Å². The molecule has 25 heavy (non-hydrogen) atoms. The topological polar surface area (TPSA) is 71.1 Å². The van der Waals surface area contributed by atoms with E-state index in [1.54, 1.807) is 11.3 Å². The van der Waals surface area contributed by atoms with E-state index < -0.39 is 0 Å². The van der Waals surface area contributed by atoms with Gasteiger partial charge in [0.1, 0.15) is 0 Å². The molecule has 0 bridgehead atoms. The molecule has 0 aliphatic heterocycles. The summed E-state index contributed by atoms with van der Waals surface area (Å²) in [6.45, 7) is 9.06. The van der Waals surface area contributed by atoms with Crippen LogP contribution in [0.1, 0.15) is 53.8 Å². The van der Waals surface area contributed by atoms with Crippen LogP contribution >= 0.6 is 11.3 Å². The van der Waals surface area contributed by atoms with Gasteiger partial charge in [-0.2, -0.15) is 0 Å². The monoisotopic (exact) mass is 359 g/mol. The number of benzene rings is 1. The van der Waals surface area contributed by atoms with E-state index in [0.717, 1.165) is 10.7 Å². The summed E-state index contributed by atoms with van der Waals surface area (Å²) < 4.78 is 0. The van der Waals surface area contributed by atoms with E-state index in [2.05, 4.69) is 36.4 Å². The summed E-state index contributed by atoms with van der Waals surface area (Å²) in [7, 11) is 0. The fraction of sp³-hybridized carbons (Fsp3) is 0.421. The molecule has 1 heterocycles. The standard InChI is InChI=1S/C19H25N3O2S/c1-13-22-16(12-25-13)11-21-17(23)9-10-20-18(24)14-5-7-15(8-6-14)19(2,3)4/h5-8,12H,9-11H2,1-4H3,(H,20,24)(H,21,23). The van der Waals surface area contributed by atoms with Gasteiger partial charge in [0.25, 0.3) is 5.91 Å². The maximum atomic E-state index is 12.1. The van der Waals surface area contributed by atoms with E-state index in [9.17, 15) is 9.59 Å². The summed E-state index contributed by atoms with van der Waals surface area (Å²) in [6, 6.07) is 7.58. The van der Waals surface area contributed by atoms with Gasteiger partial charge in [-0.25, -0.2) is 4.98 Å². The van der Waals surface area contributed by atoms with Crippen LogP contribution in [0, 0.1) is 6.92 Å². The second-order valence-electron chi connectivity index (χ2n) is 6.97. The van der Waals surface area contributed by atoms with E-state index in [1.165, 1.54) is 5.56 Å². The highest BCUT2D eigenvalue weighted by molar-refractivity contribution is 7.09. The number of hydrogen-bond donors (Lipinski definition) is 2. The van der Waals surface area contributed by atoms with Gasteiger partial charge in [-0.15, -0.1) is 11.3 Å². The van der Waals surface area contributed by atoms with Gasteiger partial charge < -0.3 is 10.6 Å². The van der Waals surface area contributed by atoms with Crippen molar-refractivity contribution in [2.24, 2.45) is 0 Å². The van der Waals surface area contributed by atoms with Crippen molar-refractivity contribution in [1.82, 2.24) is 15.6 Å². The first kappa shape index (κ1) is 19.1. The van der Waals surface area contributed by atoms with Crippen molar-refractivity contribution in [2.75, 3.05) is 6.54 Å². The fourth-order valence-electron chi connectivity index (χ4n) is 2.28. The predicted molar refractivity (Wildman–Crippen MR) is 101 cm³/mol. The first-order chi connectivity index (χ1) is 11.8. The fourth-order valence-corrected chi connectivity index (χ4v) is 2.89. The molecular formula is C19H25N3O2S. The summed E-state index contributed by atoms with van der Waals surface area (Å²) in [5, 5.41) is 8.49. The van der Waals surface area contributed by atoms with Crippen LogP contribution in [-0.4, -0.2) is 23.3 Å². The third-order valence-corrected chi connectivity index (χ3v) is 4.61. The van der Waals surface area contributed by atoms with Crippen LogP contribution in [0.25, 0.3) is 0 Å². The van der Waals surface area contributed by atoms with Gasteiger partial charge in [-0.3, -0.25) is 9.59 Å². The van der Waals surface area contributed by atoms with Crippen LogP contribution in [-0.2, 0) is 16.8 Å². The molecule has 0 fully saturated rings. The Bertz CT molecular complexity index is 730. The Balaban J connectivity index is 1.73. The lowest BCUT2D eigenvalue weighted by Crippen LogP contribution is -2.30. The van der Waals surface area contributed by atoms with Crippen molar-refractivity contribution in [2.45, 2.75) is 46.1 Å². The van der Waals surface area contributed by atoms with Crippen LogP contribution in [0.15, 0.2) is 29.6 Å². The molecule has 0 radical (unpaired) electrons. The molecule has 0 aliphatic rings. The molecule has 2 rings (SSSR count). The molecule has 0 spiro atoms. The number of aryl methyl sites for hydroxylation is 1. The van der Waals surface area contributed by atoms with E-state index in [4.69, 9.17) is 0 Å². The van der Waals surface area contributed by atoms with Crippen molar-refractivity contribution in [1.29, 1.82) is 0 Å². The van der Waals surface area contributed by atoms with Crippen LogP contribution in [0.4, 0.5) is 0 Å². The van der Waals surface area contributed by atoms with Crippen LogP contribution in [0.5, 0.6) is 0 Å². The van der Waals surface area contributed by atoms with Gasteiger partial charge in [-0.05, 0) is 30.0 Å². The molecular weight excluding hydrogens is 334 g/mol. The minimum absolute atomic E-state index is 0.0585. The normalized spacial score (nSPS) is 11.2. The SMILES string of the molecule is Cc1nc(CNC(=O)CCNC(=O)c2ccc(C(C)(C)C)cc2)cs1. The molecule has 5 nitrogen and oxygen atoms in total. The number of hydrogen-bond acceptors (Lipinski definition) is 4. The Labute approximate surface area is 152 Å². The number of nitrogens with one attached hydrogen (secondary N) is 2. The van der Waals surface area contributed by atoms with Gasteiger partial charge in [0.15, 0.2) is 0 Å². The summed E-state index contributed by atoms with van der Waals surface area (Å²) in [5.41, 5.74) is 2.70. The maximum absolute atomic E-state index is 12.1. The number of thiazole rings is 1. The summed E-state index contributed by atoms with van der Waals surface area (Å²) in [4.78, 5) is 28.2. The number of carbonyl (C=O) groups excluding carboxylic acids is 2. The molecule has 0 saturated heterocycles. The molecule has 134 valence electrons. The number of amides is 2. The van der Waals surface area contributed by atoms with Crippen molar-refractivity contribution in [3.63, 3.8) is 0 Å². The molecule has 0 atom stereocenters. The average Bonchev–Trinajstić information content (AvgIpc) is 2.97. The first-order valence-electron chi connectivity index (χ1n) is 8.32. The second kappa shape index (κ2) is 8.25. The largest absolute Gasteiger partial charge is 0.352 e. The number of aromatic nitrogens is 1. The molecule has 0 aliphatic carbocycles. The van der Waals surface area contributed by atoms with Crippen molar-refractivity contribution < 1.29 is 9.59 Å². The smallest absolute Gasteiger partial charge is 0.251 e. The molecule has 2 amide bonds. The minimum atomic E-state index is -0.164. The van der Waals surface area contributed by atoms with Crippen molar-refractivity contribution >= 4 is 23.2 Å². The second-order valence-corrected chi connectivity index (χ2v) is 8.03. The Hall–Kier alpha value is -2.21. The summed E-state index contributed by atoms with van der Waals surface area (Å²) >= 11 is 1.56. The quantitative estimate of drug-likeness (QED) is 0.832. The zero-order valence-corrected chi connectivity index (χ0v) is 16.0.